The number of carbonyl (C=O) groups is 3. The monoisotopic (exact) mass is 568 g/mol. The number of likely N-dealkylation sites (tertiary alicyclic amines) is 1. The van der Waals surface area contributed by atoms with Gasteiger partial charge in [-0.2, -0.15) is 5.10 Å². The van der Waals surface area contributed by atoms with Crippen molar-refractivity contribution in [1.29, 1.82) is 0 Å². The van der Waals surface area contributed by atoms with Gasteiger partial charge in [0.2, 0.25) is 11.8 Å². The number of amides is 3. The van der Waals surface area contributed by atoms with Crippen molar-refractivity contribution in [1.82, 2.24) is 19.4 Å². The molecule has 1 aliphatic carbocycles. The number of hydrogen-bond donors (Lipinski definition) is 2. The molecule has 2 aliphatic heterocycles. The number of piperazine rings is 1. The van der Waals surface area contributed by atoms with Crippen LogP contribution in [0.15, 0.2) is 52.5 Å². The highest BCUT2D eigenvalue weighted by Gasteiger charge is 2.48. The van der Waals surface area contributed by atoms with Crippen LogP contribution in [-0.4, -0.2) is 84.8 Å². The third-order valence-corrected chi connectivity index (χ3v) is 10.0. The largest absolute Gasteiger partial charge is 0.361 e. The van der Waals surface area contributed by atoms with Crippen molar-refractivity contribution in [3.63, 3.8) is 0 Å². The van der Waals surface area contributed by atoms with Crippen LogP contribution in [0.3, 0.4) is 0 Å². The van der Waals surface area contributed by atoms with Gasteiger partial charge >= 0.3 is 0 Å². The van der Waals surface area contributed by atoms with E-state index in [4.69, 9.17) is 5.84 Å². The van der Waals surface area contributed by atoms with E-state index < -0.39 is 40.2 Å². The smallest absolute Gasteiger partial charge is 0.267 e. The molecule has 0 unspecified atom stereocenters. The van der Waals surface area contributed by atoms with Crippen molar-refractivity contribution in [2.75, 3.05) is 26.2 Å². The second-order valence-electron chi connectivity index (χ2n) is 10.9. The quantitative estimate of drug-likeness (QED) is 0.213. The van der Waals surface area contributed by atoms with Crippen molar-refractivity contribution in [2.45, 2.75) is 61.9 Å². The Hall–Kier alpha value is -3.67. The number of sulfonamides is 1. The maximum Gasteiger partial charge on any atom is 0.267 e. The Labute approximate surface area is 234 Å². The first kappa shape index (κ1) is 27.9. The van der Waals surface area contributed by atoms with Crippen LogP contribution in [0.5, 0.6) is 0 Å². The van der Waals surface area contributed by atoms with E-state index in [1.165, 1.54) is 17.0 Å². The molecule has 3 N–H and O–H groups in total. The van der Waals surface area contributed by atoms with E-state index in [9.17, 15) is 22.8 Å². The predicted molar refractivity (Wildman–Crippen MR) is 150 cm³/mol. The van der Waals surface area contributed by atoms with Gasteiger partial charge in [-0.1, -0.05) is 43.2 Å². The molecule has 12 heteroatoms. The highest BCUT2D eigenvalue weighted by atomic mass is 32.2. The fourth-order valence-corrected chi connectivity index (χ4v) is 7.73. The number of piperidine rings is 1. The molecule has 0 radical (unpaired) electrons. The van der Waals surface area contributed by atoms with E-state index in [-0.39, 0.29) is 23.4 Å². The number of nitrogens with zero attached hydrogens (tertiary/aromatic N) is 4. The molecule has 2 atom stereocenters. The van der Waals surface area contributed by atoms with E-state index in [1.54, 1.807) is 24.5 Å². The zero-order chi connectivity index (χ0) is 28.3. The molecule has 0 spiro atoms. The van der Waals surface area contributed by atoms with Gasteiger partial charge in [0.1, 0.15) is 18.9 Å². The average Bonchev–Trinajstić information content (AvgIpc) is 3.49. The Bertz CT molecular complexity index is 1410. The summed E-state index contributed by atoms with van der Waals surface area (Å²) in [4.78, 5) is 43.8. The Morgan fingerprint density at radius 2 is 1.80 bits per heavy atom. The fourth-order valence-electron chi connectivity index (χ4n) is 6.17. The van der Waals surface area contributed by atoms with Gasteiger partial charge in [-0.25, -0.2) is 12.7 Å². The molecule has 3 amide bonds. The topological polar surface area (TPSA) is 145 Å². The van der Waals surface area contributed by atoms with Gasteiger partial charge < -0.3 is 21.0 Å². The molecule has 2 aromatic rings. The van der Waals surface area contributed by atoms with Crippen LogP contribution in [-0.2, 0) is 24.4 Å². The SMILES string of the molecule is NN=CN1CCC[C@@H](CNC(=O)C[C@H]2C(=O)N(C3CCCC3)CC(=O)N2S(=O)(=O)c2ccc3ccccc3c2)C1. The molecular weight excluding hydrogens is 532 g/mol. The van der Waals surface area contributed by atoms with E-state index in [2.05, 4.69) is 10.4 Å². The Morgan fingerprint density at radius 1 is 1.05 bits per heavy atom. The van der Waals surface area contributed by atoms with Crippen molar-refractivity contribution >= 4 is 44.9 Å². The molecule has 2 saturated heterocycles. The highest BCUT2D eigenvalue weighted by molar-refractivity contribution is 7.89. The molecule has 11 nitrogen and oxygen atoms in total. The van der Waals surface area contributed by atoms with Crippen LogP contribution in [0.2, 0.25) is 0 Å². The summed E-state index contributed by atoms with van der Waals surface area (Å²) in [7, 11) is -4.40. The molecule has 0 aromatic heterocycles. The summed E-state index contributed by atoms with van der Waals surface area (Å²) < 4.78 is 28.4. The van der Waals surface area contributed by atoms with E-state index >= 15 is 0 Å². The molecule has 2 aromatic carbocycles. The van der Waals surface area contributed by atoms with Gasteiger partial charge in [0.25, 0.3) is 15.9 Å². The second kappa shape index (κ2) is 11.8. The Balaban J connectivity index is 1.38. The van der Waals surface area contributed by atoms with Gasteiger partial charge in [0.05, 0.1) is 11.3 Å². The summed E-state index contributed by atoms with van der Waals surface area (Å²) in [5.41, 5.74) is 0. The minimum absolute atomic E-state index is 0.0871. The average molecular weight is 569 g/mol. The third-order valence-electron chi connectivity index (χ3n) is 8.19. The standard InChI is InChI=1S/C28H36N6O5S/c29-31-19-32-13-5-6-20(17-32)16-30-26(35)15-25-28(37)33(23-9-3-4-10-23)18-27(36)34(25)40(38,39)24-12-11-21-7-1-2-8-22(21)14-24/h1-2,7-8,11-12,14,19-20,23,25H,3-6,9-10,13,15-18,29H2,(H,30,35)/t20-,25-/m0/s1. The number of nitrogens with one attached hydrogen (secondary N) is 1. The van der Waals surface area contributed by atoms with Crippen LogP contribution in [0.25, 0.3) is 10.8 Å². The lowest BCUT2D eigenvalue weighted by Crippen LogP contribution is -2.64. The number of nitrogens with two attached hydrogens (primary N) is 1. The minimum atomic E-state index is -4.40. The lowest BCUT2D eigenvalue weighted by atomic mass is 9.98. The molecule has 40 heavy (non-hydrogen) atoms. The highest BCUT2D eigenvalue weighted by Crippen LogP contribution is 2.31. The maximum atomic E-state index is 13.9. The number of fused-ring (bicyclic) bond motifs is 1. The van der Waals surface area contributed by atoms with Gasteiger partial charge in [-0.15, -0.1) is 0 Å². The lowest BCUT2D eigenvalue weighted by molar-refractivity contribution is -0.154. The molecule has 3 aliphatic rings. The predicted octanol–water partition coefficient (Wildman–Crippen LogP) is 1.63. The number of hydrazone groups is 1. The summed E-state index contributed by atoms with van der Waals surface area (Å²) >= 11 is 0. The maximum absolute atomic E-state index is 13.9. The van der Waals surface area contributed by atoms with E-state index in [0.29, 0.717) is 22.8 Å². The van der Waals surface area contributed by atoms with Crippen LogP contribution in [0.4, 0.5) is 0 Å². The van der Waals surface area contributed by atoms with Gasteiger partial charge in [0, 0.05) is 25.7 Å². The van der Waals surface area contributed by atoms with Gasteiger partial charge in [-0.3, -0.25) is 14.4 Å². The summed E-state index contributed by atoms with van der Waals surface area (Å²) in [5.74, 6) is 3.77. The summed E-state index contributed by atoms with van der Waals surface area (Å²) in [6, 6.07) is 10.4. The summed E-state index contributed by atoms with van der Waals surface area (Å²) in [6.07, 6.45) is 6.40. The lowest BCUT2D eigenvalue weighted by Gasteiger charge is -2.41. The number of carbonyl (C=O) groups excluding carboxylic acids is 3. The second-order valence-corrected chi connectivity index (χ2v) is 12.7. The molecule has 1 saturated carbocycles. The number of benzene rings is 2. The first-order valence-corrected chi connectivity index (χ1v) is 15.3. The molecular formula is C28H36N6O5S. The zero-order valence-electron chi connectivity index (χ0n) is 22.4. The van der Waals surface area contributed by atoms with Gasteiger partial charge in [0.15, 0.2) is 0 Å². The third kappa shape index (κ3) is 5.77. The molecule has 5 rings (SSSR count). The van der Waals surface area contributed by atoms with E-state index in [1.807, 2.05) is 17.0 Å². The van der Waals surface area contributed by atoms with Crippen molar-refractivity contribution < 1.29 is 22.8 Å². The van der Waals surface area contributed by atoms with Crippen LogP contribution in [0, 0.1) is 5.92 Å². The van der Waals surface area contributed by atoms with Crippen LogP contribution >= 0.6 is 0 Å². The molecule has 3 fully saturated rings. The first-order chi connectivity index (χ1) is 19.3. The van der Waals surface area contributed by atoms with Gasteiger partial charge in [-0.05, 0) is 54.5 Å². The van der Waals surface area contributed by atoms with Crippen LogP contribution in [0.1, 0.15) is 44.9 Å². The minimum Gasteiger partial charge on any atom is -0.361 e. The number of rotatable bonds is 8. The Morgan fingerprint density at radius 3 is 2.55 bits per heavy atom. The van der Waals surface area contributed by atoms with Crippen molar-refractivity contribution in [3.05, 3.63) is 42.5 Å². The summed E-state index contributed by atoms with van der Waals surface area (Å²) in [6.45, 7) is 1.57. The van der Waals surface area contributed by atoms with Crippen molar-refractivity contribution in [2.24, 2.45) is 16.9 Å². The van der Waals surface area contributed by atoms with E-state index in [0.717, 1.165) is 50.5 Å². The fraction of sp³-hybridized carbons (Fsp3) is 0.500. The zero-order valence-corrected chi connectivity index (χ0v) is 23.3. The first-order valence-electron chi connectivity index (χ1n) is 13.9. The molecule has 0 bridgehead atoms. The summed E-state index contributed by atoms with van der Waals surface area (Å²) in [5, 5.41) is 7.99. The molecule has 2 heterocycles. The normalized spacial score (nSPS) is 22.9. The Kier molecular flexibility index (Phi) is 8.24. The van der Waals surface area contributed by atoms with Crippen LogP contribution < -0.4 is 11.2 Å². The van der Waals surface area contributed by atoms with Crippen molar-refractivity contribution in [3.8, 4) is 0 Å². The molecule has 214 valence electrons. The number of hydrogen-bond acceptors (Lipinski definition) is 7.